The predicted octanol–water partition coefficient (Wildman–Crippen LogP) is 0.842. The van der Waals surface area contributed by atoms with Gasteiger partial charge >= 0.3 is 6.03 Å². The molecule has 0 radical (unpaired) electrons. The molecule has 1 atom stereocenters. The van der Waals surface area contributed by atoms with Crippen molar-refractivity contribution in [3.8, 4) is 0 Å². The van der Waals surface area contributed by atoms with Crippen molar-refractivity contribution in [1.29, 1.82) is 0 Å². The van der Waals surface area contributed by atoms with Crippen LogP contribution in [-0.2, 0) is 9.59 Å². The summed E-state index contributed by atoms with van der Waals surface area (Å²) in [5.41, 5.74) is -0.682. The second-order valence-electron chi connectivity index (χ2n) is 7.15. The highest BCUT2D eigenvalue weighted by molar-refractivity contribution is 6.07. The van der Waals surface area contributed by atoms with Crippen molar-refractivity contribution in [2.45, 2.75) is 63.5 Å². The summed E-state index contributed by atoms with van der Waals surface area (Å²) in [6.45, 7) is 5.06. The lowest BCUT2D eigenvalue weighted by Crippen LogP contribution is -2.44. The van der Waals surface area contributed by atoms with Gasteiger partial charge in [0.15, 0.2) is 0 Å². The van der Waals surface area contributed by atoms with E-state index in [0.717, 1.165) is 45.2 Å². The number of rotatable bonds is 6. The molecule has 4 amide bonds. The lowest BCUT2D eigenvalue weighted by Gasteiger charge is -2.23. The molecule has 3 aliphatic rings. The number of carbonyl (C=O) groups is 3. The first kappa shape index (κ1) is 17.2. The van der Waals surface area contributed by atoms with Crippen molar-refractivity contribution >= 4 is 17.8 Å². The normalized spacial score (nSPS) is 26.4. The maximum absolute atomic E-state index is 12.5. The lowest BCUT2D eigenvalue weighted by molar-refractivity contribution is -0.131. The van der Waals surface area contributed by atoms with Crippen LogP contribution in [0.1, 0.15) is 51.9 Å². The summed E-state index contributed by atoms with van der Waals surface area (Å²) in [4.78, 5) is 40.2. The molecule has 7 nitrogen and oxygen atoms in total. The van der Waals surface area contributed by atoms with Gasteiger partial charge < -0.3 is 10.6 Å². The van der Waals surface area contributed by atoms with Gasteiger partial charge in [0.05, 0.1) is 0 Å². The number of hydrogen-bond donors (Lipinski definition) is 2. The van der Waals surface area contributed by atoms with E-state index in [1.165, 1.54) is 11.3 Å². The molecule has 1 spiro atoms. The second kappa shape index (κ2) is 7.09. The Morgan fingerprint density at radius 2 is 2.04 bits per heavy atom. The highest BCUT2D eigenvalue weighted by Gasteiger charge is 2.52. The Hall–Kier alpha value is -1.63. The van der Waals surface area contributed by atoms with Gasteiger partial charge in [0.1, 0.15) is 5.54 Å². The molecule has 0 aromatic rings. The summed E-state index contributed by atoms with van der Waals surface area (Å²) in [6.07, 6.45) is 5.84. The molecular weight excluding hydrogens is 308 g/mol. The largest absolute Gasteiger partial charge is 0.354 e. The third kappa shape index (κ3) is 3.27. The minimum absolute atomic E-state index is 0.0917. The fourth-order valence-electron chi connectivity index (χ4n) is 4.27. The maximum atomic E-state index is 12.5. The Labute approximate surface area is 143 Å². The van der Waals surface area contributed by atoms with E-state index in [2.05, 4.69) is 22.5 Å². The molecule has 0 aromatic carbocycles. The third-order valence-electron chi connectivity index (χ3n) is 5.71. The van der Waals surface area contributed by atoms with Crippen molar-refractivity contribution in [1.82, 2.24) is 20.4 Å². The average Bonchev–Trinajstić information content (AvgIpc) is 3.26. The van der Waals surface area contributed by atoms with Crippen molar-refractivity contribution < 1.29 is 14.4 Å². The van der Waals surface area contributed by atoms with Crippen LogP contribution >= 0.6 is 0 Å². The molecule has 2 N–H and O–H groups in total. The van der Waals surface area contributed by atoms with Crippen molar-refractivity contribution in [2.24, 2.45) is 0 Å². The van der Waals surface area contributed by atoms with Gasteiger partial charge in [0.2, 0.25) is 5.91 Å². The Balaban J connectivity index is 1.44. The van der Waals surface area contributed by atoms with Crippen molar-refractivity contribution in [3.05, 3.63) is 0 Å². The first-order valence-electron chi connectivity index (χ1n) is 9.20. The highest BCUT2D eigenvalue weighted by Crippen LogP contribution is 2.34. The molecule has 2 saturated heterocycles. The quantitative estimate of drug-likeness (QED) is 0.704. The highest BCUT2D eigenvalue weighted by atomic mass is 16.2. The monoisotopic (exact) mass is 336 g/mol. The smallest absolute Gasteiger partial charge is 0.325 e. The van der Waals surface area contributed by atoms with Gasteiger partial charge in [-0.15, -0.1) is 0 Å². The van der Waals surface area contributed by atoms with Gasteiger partial charge in [0, 0.05) is 25.6 Å². The lowest BCUT2D eigenvalue weighted by atomic mass is 9.98. The summed E-state index contributed by atoms with van der Waals surface area (Å²) < 4.78 is 0. The molecule has 1 unspecified atom stereocenters. The number of carbonyl (C=O) groups excluding carboxylic acids is 3. The van der Waals surface area contributed by atoms with E-state index in [1.54, 1.807) is 0 Å². The molecular formula is C17H28N4O3. The second-order valence-corrected chi connectivity index (χ2v) is 7.15. The zero-order chi connectivity index (χ0) is 17.2. The Kier molecular flexibility index (Phi) is 5.08. The van der Waals surface area contributed by atoms with Crippen molar-refractivity contribution in [3.63, 3.8) is 0 Å². The van der Waals surface area contributed by atoms with Gasteiger partial charge in [-0.2, -0.15) is 0 Å². The average molecular weight is 336 g/mol. The van der Waals surface area contributed by atoms with Crippen molar-refractivity contribution in [2.75, 3.05) is 26.2 Å². The molecule has 24 heavy (non-hydrogen) atoms. The summed E-state index contributed by atoms with van der Waals surface area (Å²) in [5, 5.41) is 5.80. The third-order valence-corrected chi connectivity index (χ3v) is 5.71. The van der Waals surface area contributed by atoms with Crippen LogP contribution in [0.5, 0.6) is 0 Å². The van der Waals surface area contributed by atoms with E-state index in [4.69, 9.17) is 0 Å². The first-order chi connectivity index (χ1) is 11.6. The standard InChI is InChI=1S/C17H28N4O3/c1-2-20-10-5-6-13(20)12-18-14(22)7-11-21-15(23)17(19-16(21)24)8-3-4-9-17/h13H,2-12H2,1H3,(H,18,22)(H,19,24). The number of likely N-dealkylation sites (N-methyl/N-ethyl adjacent to an activating group) is 1. The van der Waals surface area contributed by atoms with E-state index in [1.807, 2.05) is 0 Å². The summed E-state index contributed by atoms with van der Waals surface area (Å²) >= 11 is 0. The van der Waals surface area contributed by atoms with E-state index in [-0.39, 0.29) is 30.8 Å². The van der Waals surface area contributed by atoms with Gasteiger partial charge in [-0.25, -0.2) is 4.79 Å². The fraction of sp³-hybridized carbons (Fsp3) is 0.824. The fourth-order valence-corrected chi connectivity index (χ4v) is 4.27. The molecule has 0 bridgehead atoms. The summed E-state index contributed by atoms with van der Waals surface area (Å²) in [6, 6.07) is 0.0695. The Bertz CT molecular complexity index is 516. The molecule has 1 aliphatic carbocycles. The van der Waals surface area contributed by atoms with Crippen LogP contribution in [-0.4, -0.2) is 65.4 Å². The molecule has 7 heteroatoms. The van der Waals surface area contributed by atoms with E-state index in [9.17, 15) is 14.4 Å². The van der Waals surface area contributed by atoms with Crippen LogP contribution in [0.4, 0.5) is 4.79 Å². The number of nitrogens with zero attached hydrogens (tertiary/aromatic N) is 2. The minimum atomic E-state index is -0.682. The molecule has 2 heterocycles. The van der Waals surface area contributed by atoms with Crippen LogP contribution in [0.2, 0.25) is 0 Å². The number of urea groups is 1. The van der Waals surface area contributed by atoms with E-state index in [0.29, 0.717) is 12.6 Å². The topological polar surface area (TPSA) is 81.8 Å². The minimum Gasteiger partial charge on any atom is -0.354 e. The SMILES string of the molecule is CCN1CCCC1CNC(=O)CCN1C(=O)NC2(CCCC2)C1=O. The number of nitrogens with one attached hydrogen (secondary N) is 2. The molecule has 2 aliphatic heterocycles. The Morgan fingerprint density at radius 3 is 2.75 bits per heavy atom. The van der Waals surface area contributed by atoms with Crippen LogP contribution in [0.3, 0.4) is 0 Å². The van der Waals surface area contributed by atoms with E-state index >= 15 is 0 Å². The molecule has 3 fully saturated rings. The van der Waals surface area contributed by atoms with Gasteiger partial charge in [-0.1, -0.05) is 19.8 Å². The summed E-state index contributed by atoms with van der Waals surface area (Å²) in [5.74, 6) is -0.239. The van der Waals surface area contributed by atoms with Gasteiger partial charge in [0.25, 0.3) is 5.91 Å². The van der Waals surface area contributed by atoms with Crippen LogP contribution in [0, 0.1) is 0 Å². The number of imide groups is 1. The van der Waals surface area contributed by atoms with Crippen LogP contribution in [0.25, 0.3) is 0 Å². The zero-order valence-corrected chi connectivity index (χ0v) is 14.5. The van der Waals surface area contributed by atoms with Gasteiger partial charge in [-0.05, 0) is 38.8 Å². The van der Waals surface area contributed by atoms with Gasteiger partial charge in [-0.3, -0.25) is 19.4 Å². The number of hydrogen-bond acceptors (Lipinski definition) is 4. The first-order valence-corrected chi connectivity index (χ1v) is 9.20. The number of likely N-dealkylation sites (tertiary alicyclic amines) is 1. The zero-order valence-electron chi connectivity index (χ0n) is 14.5. The summed E-state index contributed by atoms with van der Waals surface area (Å²) in [7, 11) is 0. The molecule has 3 rings (SSSR count). The maximum Gasteiger partial charge on any atom is 0.325 e. The Morgan fingerprint density at radius 1 is 1.29 bits per heavy atom. The number of amides is 4. The van der Waals surface area contributed by atoms with Crippen LogP contribution < -0.4 is 10.6 Å². The molecule has 1 saturated carbocycles. The van der Waals surface area contributed by atoms with E-state index < -0.39 is 5.54 Å². The van der Waals surface area contributed by atoms with Crippen LogP contribution in [0.15, 0.2) is 0 Å². The predicted molar refractivity (Wildman–Crippen MR) is 89.3 cm³/mol. The molecule has 134 valence electrons. The molecule has 0 aromatic heterocycles.